The van der Waals surface area contributed by atoms with E-state index >= 15 is 0 Å². The number of hydrogen-bond donors (Lipinski definition) is 2. The first-order valence-corrected chi connectivity index (χ1v) is 8.18. The van der Waals surface area contributed by atoms with Crippen molar-refractivity contribution in [3.05, 3.63) is 12.7 Å². The second kappa shape index (κ2) is 12.6. The minimum atomic E-state index is 0. The van der Waals surface area contributed by atoms with Crippen LogP contribution in [0.3, 0.4) is 0 Å². The highest BCUT2D eigenvalue weighted by atomic mass is 127. The van der Waals surface area contributed by atoms with Gasteiger partial charge in [-0.25, -0.2) is 0 Å². The van der Waals surface area contributed by atoms with Crippen molar-refractivity contribution in [1.82, 2.24) is 20.4 Å². The van der Waals surface area contributed by atoms with Crippen LogP contribution in [0.15, 0.2) is 17.6 Å². The van der Waals surface area contributed by atoms with E-state index in [1.54, 1.807) is 4.90 Å². The molecule has 0 radical (unpaired) electrons. The fourth-order valence-corrected chi connectivity index (χ4v) is 2.65. The highest BCUT2D eigenvalue weighted by Gasteiger charge is 2.30. The fraction of sp³-hybridized carbons (Fsp3) is 0.750. The summed E-state index contributed by atoms with van der Waals surface area (Å²) in [5, 5.41) is 6.39. The molecule has 1 unspecified atom stereocenters. The lowest BCUT2D eigenvalue weighted by Gasteiger charge is -2.25. The first kappa shape index (κ1) is 22.2. The van der Waals surface area contributed by atoms with Gasteiger partial charge < -0.3 is 15.5 Å². The highest BCUT2D eigenvalue weighted by Crippen LogP contribution is 2.18. The summed E-state index contributed by atoms with van der Waals surface area (Å²) in [6.07, 6.45) is 4.86. The lowest BCUT2D eigenvalue weighted by molar-refractivity contribution is -0.133. The third-order valence-electron chi connectivity index (χ3n) is 3.72. The largest absolute Gasteiger partial charge is 0.357 e. The summed E-state index contributed by atoms with van der Waals surface area (Å²) in [4.78, 5) is 20.7. The normalized spacial score (nSPS) is 18.2. The van der Waals surface area contributed by atoms with Crippen LogP contribution < -0.4 is 10.6 Å². The highest BCUT2D eigenvalue weighted by molar-refractivity contribution is 14.0. The molecule has 0 aromatic rings. The summed E-state index contributed by atoms with van der Waals surface area (Å²) in [7, 11) is 3.66. The van der Waals surface area contributed by atoms with Crippen LogP contribution in [0.1, 0.15) is 26.2 Å². The van der Waals surface area contributed by atoms with E-state index in [4.69, 9.17) is 0 Å². The molecule has 7 heteroatoms. The molecule has 2 N–H and O–H groups in total. The average molecular weight is 437 g/mol. The van der Waals surface area contributed by atoms with Gasteiger partial charge in [0, 0.05) is 40.3 Å². The van der Waals surface area contributed by atoms with Crippen molar-refractivity contribution >= 4 is 35.8 Å². The summed E-state index contributed by atoms with van der Waals surface area (Å²) in [5.41, 5.74) is 0. The third kappa shape index (κ3) is 8.01. The maximum Gasteiger partial charge on any atom is 0.239 e. The van der Waals surface area contributed by atoms with Crippen molar-refractivity contribution in [2.45, 2.75) is 32.2 Å². The van der Waals surface area contributed by atoms with Gasteiger partial charge in [-0.3, -0.25) is 14.7 Å². The fourth-order valence-electron chi connectivity index (χ4n) is 2.65. The Morgan fingerprint density at radius 1 is 1.43 bits per heavy atom. The topological polar surface area (TPSA) is 60.0 Å². The second-order valence-electron chi connectivity index (χ2n) is 5.71. The molecule has 0 aromatic heterocycles. The molecule has 1 atom stereocenters. The zero-order valence-corrected chi connectivity index (χ0v) is 17.0. The van der Waals surface area contributed by atoms with Crippen molar-refractivity contribution in [3.8, 4) is 0 Å². The van der Waals surface area contributed by atoms with Crippen LogP contribution in [0.2, 0.25) is 0 Å². The summed E-state index contributed by atoms with van der Waals surface area (Å²) < 4.78 is 0. The first-order chi connectivity index (χ1) is 10.6. The Labute approximate surface area is 157 Å². The van der Waals surface area contributed by atoms with Crippen LogP contribution in [-0.2, 0) is 4.79 Å². The van der Waals surface area contributed by atoms with Crippen molar-refractivity contribution in [1.29, 1.82) is 0 Å². The molecule has 1 heterocycles. The summed E-state index contributed by atoms with van der Waals surface area (Å²) in [6, 6.07) is 0.0612. The predicted molar refractivity (Wildman–Crippen MR) is 107 cm³/mol. The zero-order chi connectivity index (χ0) is 16.4. The molecule has 0 bridgehead atoms. The number of hydrogen-bond acceptors (Lipinski definition) is 3. The van der Waals surface area contributed by atoms with Crippen molar-refractivity contribution in [3.63, 3.8) is 0 Å². The van der Waals surface area contributed by atoms with Gasteiger partial charge in [-0.15, -0.1) is 30.6 Å². The Morgan fingerprint density at radius 2 is 2.17 bits per heavy atom. The van der Waals surface area contributed by atoms with Crippen molar-refractivity contribution in [2.24, 2.45) is 4.99 Å². The smallest absolute Gasteiger partial charge is 0.239 e. The number of nitrogens with one attached hydrogen (secondary N) is 2. The number of guanidine groups is 1. The molecule has 1 fully saturated rings. The van der Waals surface area contributed by atoms with E-state index in [2.05, 4.69) is 27.1 Å². The SMILES string of the molecule is C=CCNC(=NCCCN1CCCC1C(=O)N(C)C)NCC.I. The number of likely N-dealkylation sites (tertiary alicyclic amines) is 1. The Balaban J connectivity index is 0.00000484. The molecule has 0 spiro atoms. The molecule has 1 rings (SSSR count). The van der Waals surface area contributed by atoms with Gasteiger partial charge in [0.1, 0.15) is 0 Å². The van der Waals surface area contributed by atoms with E-state index in [0.717, 1.165) is 51.4 Å². The van der Waals surface area contributed by atoms with E-state index in [1.807, 2.05) is 27.1 Å². The van der Waals surface area contributed by atoms with E-state index in [-0.39, 0.29) is 35.9 Å². The van der Waals surface area contributed by atoms with Gasteiger partial charge in [-0.05, 0) is 32.7 Å². The molecule has 1 saturated heterocycles. The molecule has 134 valence electrons. The van der Waals surface area contributed by atoms with Crippen LogP contribution in [0.25, 0.3) is 0 Å². The monoisotopic (exact) mass is 437 g/mol. The van der Waals surface area contributed by atoms with Crippen LogP contribution in [-0.4, -0.2) is 74.5 Å². The van der Waals surface area contributed by atoms with E-state index in [1.165, 1.54) is 0 Å². The number of rotatable bonds is 8. The Bertz CT molecular complexity index is 387. The number of carbonyl (C=O) groups is 1. The van der Waals surface area contributed by atoms with Gasteiger partial charge in [0.25, 0.3) is 0 Å². The van der Waals surface area contributed by atoms with Crippen molar-refractivity contribution < 1.29 is 4.79 Å². The standard InChI is InChI=1S/C16H31N5O.HI/c1-5-10-18-16(17-6-2)19-11-8-13-21-12-7-9-14(21)15(22)20(3)4;/h5,14H,1,6-13H2,2-4H3,(H2,17,18,19);1H. The number of carbonyl (C=O) groups excluding carboxylic acids is 1. The molecule has 1 aliphatic heterocycles. The lowest BCUT2D eigenvalue weighted by atomic mass is 10.2. The average Bonchev–Trinajstić information content (AvgIpc) is 2.96. The van der Waals surface area contributed by atoms with Crippen LogP contribution in [0.4, 0.5) is 0 Å². The Hall–Kier alpha value is -0.830. The molecule has 0 aliphatic carbocycles. The lowest BCUT2D eigenvalue weighted by Crippen LogP contribution is -2.43. The number of amides is 1. The van der Waals surface area contributed by atoms with Gasteiger partial charge in [0.15, 0.2) is 5.96 Å². The van der Waals surface area contributed by atoms with Gasteiger partial charge >= 0.3 is 0 Å². The minimum Gasteiger partial charge on any atom is -0.357 e. The molecule has 23 heavy (non-hydrogen) atoms. The third-order valence-corrected chi connectivity index (χ3v) is 3.72. The molecule has 0 saturated carbocycles. The number of nitrogens with zero attached hydrogens (tertiary/aromatic N) is 3. The van der Waals surface area contributed by atoms with Gasteiger partial charge in [-0.2, -0.15) is 0 Å². The maximum atomic E-state index is 12.1. The summed E-state index contributed by atoms with van der Waals surface area (Å²) >= 11 is 0. The van der Waals surface area contributed by atoms with Crippen LogP contribution in [0, 0.1) is 0 Å². The summed E-state index contributed by atoms with van der Waals surface area (Å²) in [5.74, 6) is 1.05. The Morgan fingerprint density at radius 3 is 2.78 bits per heavy atom. The second-order valence-corrected chi connectivity index (χ2v) is 5.71. The van der Waals surface area contributed by atoms with Gasteiger partial charge in [-0.1, -0.05) is 6.08 Å². The van der Waals surface area contributed by atoms with Gasteiger partial charge in [0.2, 0.25) is 5.91 Å². The van der Waals surface area contributed by atoms with E-state index < -0.39 is 0 Å². The summed E-state index contributed by atoms with van der Waals surface area (Å²) in [6.45, 7) is 9.99. The molecular formula is C16H32IN5O. The number of likely N-dealkylation sites (N-methyl/N-ethyl adjacent to an activating group) is 1. The van der Waals surface area contributed by atoms with E-state index in [9.17, 15) is 4.79 Å². The Kier molecular flexibility index (Phi) is 12.1. The quantitative estimate of drug-likeness (QED) is 0.198. The zero-order valence-electron chi connectivity index (χ0n) is 14.7. The first-order valence-electron chi connectivity index (χ1n) is 8.18. The molecule has 1 amide bonds. The molecule has 1 aliphatic rings. The number of halogens is 1. The predicted octanol–water partition coefficient (Wildman–Crippen LogP) is 1.29. The minimum absolute atomic E-state index is 0. The van der Waals surface area contributed by atoms with E-state index in [0.29, 0.717) is 6.54 Å². The van der Waals surface area contributed by atoms with Gasteiger partial charge in [0.05, 0.1) is 6.04 Å². The van der Waals surface area contributed by atoms with Crippen LogP contribution in [0.5, 0.6) is 0 Å². The van der Waals surface area contributed by atoms with Crippen LogP contribution >= 0.6 is 24.0 Å². The number of aliphatic imine (C=N–C) groups is 1. The maximum absolute atomic E-state index is 12.1. The molecule has 6 nitrogen and oxygen atoms in total. The van der Waals surface area contributed by atoms with Crippen molar-refractivity contribution in [2.75, 3.05) is 46.8 Å². The molecule has 0 aromatic carbocycles. The molecular weight excluding hydrogens is 405 g/mol.